The summed E-state index contributed by atoms with van der Waals surface area (Å²) in [6.07, 6.45) is -23.7. The Balaban J connectivity index is 0.953. The van der Waals surface area contributed by atoms with Crippen molar-refractivity contribution in [3.63, 3.8) is 0 Å². The van der Waals surface area contributed by atoms with Crippen LogP contribution < -0.4 is 0 Å². The van der Waals surface area contributed by atoms with Gasteiger partial charge in [-0.15, -0.1) is 0 Å². The summed E-state index contributed by atoms with van der Waals surface area (Å²) in [4.78, 5) is 14.3. The zero-order valence-electron chi connectivity index (χ0n) is 40.0. The van der Waals surface area contributed by atoms with Crippen molar-refractivity contribution < 1.29 is 109 Å². The quantitative estimate of drug-likeness (QED) is 0.0702. The minimum Gasteiger partial charge on any atom is -0.432 e. The van der Waals surface area contributed by atoms with Gasteiger partial charge >= 0.3 is 5.97 Å². The Kier molecular flexibility index (Phi) is 14.8. The standard InChI is InChI=1S/C48H76O22/c1-20-12-48(64-17-24-31(54)32(55)29(52)22(14-49)65-24)28(16-51)66-25(38(20)68-42-37(60)34(57)35(58)39(69-42)40(48)61)18-63-47-11-7-27-44(3)8-5-9-45(4,26(44)6-10-46(27,19-47)13-21(47)2)43(62)70-41-36(59)33(56)30(53)23(15-50)67-41/h20,22-42,49-61H,2,5-19H2,1,3-4H3/t20-,22?,23?,24-,25-,26-,27-,28?,29+,30+,31?,32?,33?,34?,35-,36?,37?,38?,39?,40?,41-,42+,44+,45+,46?,47-,48?/m0/s1. The van der Waals surface area contributed by atoms with E-state index < -0.39 is 171 Å². The fourth-order valence-electron chi connectivity index (χ4n) is 15.3. The number of aliphatic hydroxyl groups is 13. The van der Waals surface area contributed by atoms with Crippen molar-refractivity contribution in [1.82, 2.24) is 0 Å². The molecule has 4 saturated carbocycles. The molecule has 5 heterocycles. The molecule has 0 amide bonds. The third kappa shape index (κ3) is 8.36. The van der Waals surface area contributed by atoms with Gasteiger partial charge in [0.25, 0.3) is 0 Å². The van der Waals surface area contributed by atoms with E-state index in [4.69, 9.17) is 37.9 Å². The molecular formula is C48H76O22. The molecule has 0 radical (unpaired) electrons. The van der Waals surface area contributed by atoms with Crippen LogP contribution in [0.4, 0.5) is 0 Å². The van der Waals surface area contributed by atoms with Crippen molar-refractivity contribution in [2.24, 2.45) is 34.0 Å². The number of esters is 1. The van der Waals surface area contributed by atoms with Crippen molar-refractivity contribution in [1.29, 1.82) is 0 Å². The van der Waals surface area contributed by atoms with Crippen LogP contribution in [0.1, 0.15) is 85.0 Å². The van der Waals surface area contributed by atoms with E-state index in [-0.39, 0.29) is 35.7 Å². The third-order valence-electron chi connectivity index (χ3n) is 19.0. The number of fused-ring (bicyclic) bond motifs is 8. The first kappa shape index (κ1) is 53.2. The minimum atomic E-state index is -2.01. The highest BCUT2D eigenvalue weighted by Crippen LogP contribution is 2.73. The van der Waals surface area contributed by atoms with Crippen LogP contribution in [0.25, 0.3) is 0 Å². The van der Waals surface area contributed by atoms with Gasteiger partial charge in [-0.1, -0.05) is 26.8 Å². The smallest absolute Gasteiger partial charge is 0.314 e. The maximum absolute atomic E-state index is 14.3. The molecule has 1 spiro atoms. The van der Waals surface area contributed by atoms with Crippen LogP contribution in [0, 0.1) is 34.0 Å². The molecule has 4 aliphatic carbocycles. The highest BCUT2D eigenvalue weighted by atomic mass is 16.7. The molecule has 22 heteroatoms. The Labute approximate surface area is 406 Å². The van der Waals surface area contributed by atoms with Crippen LogP contribution >= 0.6 is 0 Å². The van der Waals surface area contributed by atoms with E-state index in [2.05, 4.69) is 13.5 Å². The predicted octanol–water partition coefficient (Wildman–Crippen LogP) is -3.61. The molecule has 22 nitrogen and oxygen atoms in total. The van der Waals surface area contributed by atoms with Crippen molar-refractivity contribution in [3.05, 3.63) is 12.2 Å². The van der Waals surface area contributed by atoms with Gasteiger partial charge in [0.1, 0.15) is 103 Å². The first-order valence-corrected chi connectivity index (χ1v) is 25.1. The second-order valence-corrected chi connectivity index (χ2v) is 22.8. The van der Waals surface area contributed by atoms with Crippen LogP contribution in [0.15, 0.2) is 12.2 Å². The largest absolute Gasteiger partial charge is 0.432 e. The van der Waals surface area contributed by atoms with Gasteiger partial charge in [-0.3, -0.25) is 4.79 Å². The second-order valence-electron chi connectivity index (χ2n) is 22.8. The molecule has 70 heavy (non-hydrogen) atoms. The summed E-state index contributed by atoms with van der Waals surface area (Å²) in [7, 11) is 0. The van der Waals surface area contributed by atoms with E-state index in [1.165, 1.54) is 0 Å². The molecule has 5 aliphatic heterocycles. The molecule has 27 atom stereocenters. The number of hydrogen-bond donors (Lipinski definition) is 13. The zero-order valence-corrected chi connectivity index (χ0v) is 40.0. The van der Waals surface area contributed by atoms with E-state index in [1.54, 1.807) is 6.92 Å². The average Bonchev–Trinajstić information content (AvgIpc) is 3.48. The number of rotatable bonds is 11. The Bertz CT molecular complexity index is 1890. The van der Waals surface area contributed by atoms with Crippen molar-refractivity contribution >= 4 is 5.97 Å². The molecule has 0 aromatic rings. The van der Waals surface area contributed by atoms with Crippen LogP contribution in [-0.2, 0) is 42.7 Å². The normalized spacial score (nSPS) is 55.6. The van der Waals surface area contributed by atoms with E-state index in [1.807, 2.05) is 6.92 Å². The number of hydrogen-bond acceptors (Lipinski definition) is 22. The monoisotopic (exact) mass is 1000 g/mol. The second kappa shape index (κ2) is 19.5. The van der Waals surface area contributed by atoms with E-state index in [0.29, 0.717) is 32.1 Å². The van der Waals surface area contributed by atoms with Crippen LogP contribution in [0.5, 0.6) is 0 Å². The fraction of sp³-hybridized carbons (Fsp3) is 0.938. The number of carbonyl (C=O) groups is 1. The SMILES string of the molecule is C=C1CC23CC[C@H]4[C@@](C)(CCC[C@@]4(C)C(=O)O[C@@H]4OC(CO)[C@@H](O)C(O)C4O)[C@@H]2CC[C@]1(OC[C@@H]1OC(CO)C2(OC[C@@H]4OC(CO)[C@@H](O)C(O)C4O)C[C@H](C)C1O[C@@H]1OC(C2O)[C@@H](O)C(O)C1O)C3. The molecule has 0 aromatic carbocycles. The molecule has 6 bridgehead atoms. The van der Waals surface area contributed by atoms with Gasteiger partial charge in [0.15, 0.2) is 6.29 Å². The number of carbonyl (C=O) groups excluding carboxylic acids is 1. The lowest BCUT2D eigenvalue weighted by Crippen LogP contribution is -2.69. The highest BCUT2D eigenvalue weighted by molar-refractivity contribution is 5.77. The lowest BCUT2D eigenvalue weighted by Gasteiger charge is -2.64. The molecule has 0 aromatic heterocycles. The third-order valence-corrected chi connectivity index (χ3v) is 19.0. The Morgan fingerprint density at radius 1 is 0.643 bits per heavy atom. The molecule has 5 saturated heterocycles. The molecule has 9 rings (SSSR count). The Morgan fingerprint density at radius 2 is 1.26 bits per heavy atom. The summed E-state index contributed by atoms with van der Waals surface area (Å²) < 4.78 is 49.9. The first-order valence-electron chi connectivity index (χ1n) is 25.1. The summed E-state index contributed by atoms with van der Waals surface area (Å²) in [6, 6.07) is 0. The zero-order chi connectivity index (χ0) is 50.6. The number of aliphatic hydroxyl groups excluding tert-OH is 13. The number of ether oxygens (including phenoxy) is 8. The van der Waals surface area contributed by atoms with Crippen molar-refractivity contribution in [2.75, 3.05) is 33.0 Å². The fourth-order valence-corrected chi connectivity index (χ4v) is 15.3. The maximum atomic E-state index is 14.3. The van der Waals surface area contributed by atoms with E-state index >= 15 is 0 Å². The Hall–Kier alpha value is -1.59. The highest BCUT2D eigenvalue weighted by Gasteiger charge is 2.69. The summed E-state index contributed by atoms with van der Waals surface area (Å²) in [5, 5.41) is 140. The van der Waals surface area contributed by atoms with Crippen molar-refractivity contribution in [2.45, 2.75) is 213 Å². The van der Waals surface area contributed by atoms with Gasteiger partial charge in [-0.2, -0.15) is 0 Å². The maximum Gasteiger partial charge on any atom is 0.314 e. The lowest BCUT2D eigenvalue weighted by atomic mass is 9.41. The first-order chi connectivity index (χ1) is 33.0. The molecule has 9 fully saturated rings. The summed E-state index contributed by atoms with van der Waals surface area (Å²) in [5.74, 6) is -1.19. The molecule has 9 aliphatic rings. The van der Waals surface area contributed by atoms with Gasteiger partial charge in [0, 0.05) is 0 Å². The van der Waals surface area contributed by atoms with Gasteiger partial charge in [0.05, 0.1) is 50.2 Å². The van der Waals surface area contributed by atoms with Gasteiger partial charge < -0.3 is 104 Å². The van der Waals surface area contributed by atoms with Crippen LogP contribution in [0.2, 0.25) is 0 Å². The van der Waals surface area contributed by atoms with E-state index in [0.717, 1.165) is 31.3 Å². The minimum absolute atomic E-state index is 0.119. The topological polar surface area (TPSA) is 354 Å². The molecule has 13 N–H and O–H groups in total. The van der Waals surface area contributed by atoms with Crippen molar-refractivity contribution in [3.8, 4) is 0 Å². The predicted molar refractivity (Wildman–Crippen MR) is 234 cm³/mol. The summed E-state index contributed by atoms with van der Waals surface area (Å²) in [5.41, 5.74) is -3.48. The molecular weight excluding hydrogens is 929 g/mol. The van der Waals surface area contributed by atoms with Gasteiger partial charge in [-0.25, -0.2) is 0 Å². The van der Waals surface area contributed by atoms with Gasteiger partial charge in [0.2, 0.25) is 6.29 Å². The average molecular weight is 1010 g/mol. The molecule has 400 valence electrons. The Morgan fingerprint density at radius 3 is 1.94 bits per heavy atom. The van der Waals surface area contributed by atoms with Gasteiger partial charge in [-0.05, 0) is 98.9 Å². The van der Waals surface area contributed by atoms with E-state index in [9.17, 15) is 71.2 Å². The summed E-state index contributed by atoms with van der Waals surface area (Å²) in [6.45, 7) is 7.66. The molecule has 14 unspecified atom stereocenters. The lowest BCUT2D eigenvalue weighted by molar-refractivity contribution is -0.352. The van der Waals surface area contributed by atoms with Crippen LogP contribution in [0.3, 0.4) is 0 Å². The summed E-state index contributed by atoms with van der Waals surface area (Å²) >= 11 is 0. The van der Waals surface area contributed by atoms with Crippen LogP contribution in [-0.4, -0.2) is 233 Å².